The number of rotatable bonds is 4. The third-order valence-electron chi connectivity index (χ3n) is 1.37. The van der Waals surface area contributed by atoms with Gasteiger partial charge in [-0.25, -0.2) is 0 Å². The van der Waals surface area contributed by atoms with Gasteiger partial charge in [0, 0.05) is 23.1 Å². The Labute approximate surface area is 54.8 Å². The molecule has 1 unspecified atom stereocenters. The van der Waals surface area contributed by atoms with Gasteiger partial charge in [-0.3, -0.25) is 0 Å². The lowest BCUT2D eigenvalue weighted by Crippen LogP contribution is -2.08. The monoisotopic (exact) mass is 132 g/mol. The molecule has 1 atom stereocenters. The summed E-state index contributed by atoms with van der Waals surface area (Å²) in [6.07, 6.45) is 3.88. The van der Waals surface area contributed by atoms with Gasteiger partial charge in [0.2, 0.25) is 0 Å². The van der Waals surface area contributed by atoms with Gasteiger partial charge in [-0.1, -0.05) is 19.8 Å². The lowest BCUT2D eigenvalue weighted by atomic mass is 10.3. The zero-order valence-electron chi connectivity index (χ0n) is 6.11. The molecule has 0 radical (unpaired) electrons. The van der Waals surface area contributed by atoms with Gasteiger partial charge in [0.15, 0.2) is 0 Å². The first-order valence-electron chi connectivity index (χ1n) is 3.34. The molecule has 0 bridgehead atoms. The standard InChI is InChI=1S/C6H16OSi/c1-3-4-5-6(8)7-2/h6H,3-5H2,1-2,8H3. The summed E-state index contributed by atoms with van der Waals surface area (Å²) < 4.78 is 5.11. The van der Waals surface area contributed by atoms with Crippen LogP contribution in [0.1, 0.15) is 26.2 Å². The molecule has 0 saturated heterocycles. The molecule has 0 rings (SSSR count). The highest BCUT2D eigenvalue weighted by atomic mass is 28.1. The van der Waals surface area contributed by atoms with E-state index in [2.05, 4.69) is 6.92 Å². The van der Waals surface area contributed by atoms with Gasteiger partial charge >= 0.3 is 0 Å². The number of unbranched alkanes of at least 4 members (excludes halogenated alkanes) is 1. The summed E-state index contributed by atoms with van der Waals surface area (Å²) in [7, 11) is 2.98. The second-order valence-electron chi connectivity index (χ2n) is 2.19. The van der Waals surface area contributed by atoms with Crippen molar-refractivity contribution >= 4 is 10.2 Å². The summed E-state index contributed by atoms with van der Waals surface area (Å²) in [4.78, 5) is 0. The van der Waals surface area contributed by atoms with Gasteiger partial charge in [0.1, 0.15) is 0 Å². The largest absolute Gasteiger partial charge is 0.386 e. The molecule has 0 aromatic heterocycles. The average Bonchev–Trinajstić information content (AvgIpc) is 1.83. The normalized spacial score (nSPS) is 14.2. The van der Waals surface area contributed by atoms with Crippen molar-refractivity contribution in [3.8, 4) is 0 Å². The first-order chi connectivity index (χ1) is 3.81. The van der Waals surface area contributed by atoms with Crippen molar-refractivity contribution in [2.75, 3.05) is 7.11 Å². The highest BCUT2D eigenvalue weighted by molar-refractivity contribution is 6.10. The molecule has 0 N–H and O–H groups in total. The number of ether oxygens (including phenoxy) is 1. The summed E-state index contributed by atoms with van der Waals surface area (Å²) in [5, 5.41) is 0. The van der Waals surface area contributed by atoms with E-state index < -0.39 is 0 Å². The molecule has 0 aromatic rings. The van der Waals surface area contributed by atoms with Crippen LogP contribution in [0.5, 0.6) is 0 Å². The lowest BCUT2D eigenvalue weighted by molar-refractivity contribution is 0.157. The maximum absolute atomic E-state index is 5.11. The molecule has 50 valence electrons. The predicted octanol–water partition coefficient (Wildman–Crippen LogP) is 0.515. The van der Waals surface area contributed by atoms with Crippen LogP contribution < -0.4 is 0 Å². The molecule has 0 spiro atoms. The molecular formula is C6H16OSi. The maximum atomic E-state index is 5.11. The van der Waals surface area contributed by atoms with E-state index in [1.165, 1.54) is 29.5 Å². The second kappa shape index (κ2) is 5.32. The first-order valence-corrected chi connectivity index (χ1v) is 4.49. The van der Waals surface area contributed by atoms with Gasteiger partial charge in [-0.2, -0.15) is 0 Å². The van der Waals surface area contributed by atoms with Crippen LogP contribution in [0.4, 0.5) is 0 Å². The minimum absolute atomic E-state index is 0.593. The van der Waals surface area contributed by atoms with Crippen molar-refractivity contribution in [2.24, 2.45) is 0 Å². The zero-order valence-corrected chi connectivity index (χ0v) is 8.11. The fourth-order valence-electron chi connectivity index (χ4n) is 0.609. The smallest absolute Gasteiger partial charge is 0.0392 e. The molecule has 1 nitrogen and oxygen atoms in total. The Bertz CT molecular complexity index is 47.8. The molecule has 0 amide bonds. The minimum Gasteiger partial charge on any atom is -0.386 e. The third-order valence-corrected chi connectivity index (χ3v) is 2.42. The van der Waals surface area contributed by atoms with Crippen molar-refractivity contribution in [3.63, 3.8) is 0 Å². The van der Waals surface area contributed by atoms with Crippen molar-refractivity contribution in [1.29, 1.82) is 0 Å². The lowest BCUT2D eigenvalue weighted by Gasteiger charge is -2.06. The van der Waals surface area contributed by atoms with Crippen LogP contribution in [-0.2, 0) is 4.74 Å². The zero-order chi connectivity index (χ0) is 6.41. The van der Waals surface area contributed by atoms with Gasteiger partial charge < -0.3 is 4.74 Å². The maximum Gasteiger partial charge on any atom is 0.0392 e. The van der Waals surface area contributed by atoms with Crippen molar-refractivity contribution < 1.29 is 4.74 Å². The Morgan fingerprint density at radius 3 is 2.62 bits per heavy atom. The van der Waals surface area contributed by atoms with E-state index >= 15 is 0 Å². The predicted molar refractivity (Wildman–Crippen MR) is 40.3 cm³/mol. The second-order valence-corrected chi connectivity index (χ2v) is 3.48. The van der Waals surface area contributed by atoms with Crippen LogP contribution in [-0.4, -0.2) is 23.1 Å². The van der Waals surface area contributed by atoms with E-state index in [1.807, 2.05) is 0 Å². The van der Waals surface area contributed by atoms with Crippen LogP contribution in [0.2, 0.25) is 0 Å². The SMILES string of the molecule is CCCCC([SiH3])OC. The molecule has 0 fully saturated rings. The summed E-state index contributed by atoms with van der Waals surface area (Å²) in [6, 6.07) is 0. The topological polar surface area (TPSA) is 9.23 Å². The Morgan fingerprint density at radius 1 is 1.62 bits per heavy atom. The van der Waals surface area contributed by atoms with E-state index in [-0.39, 0.29) is 0 Å². The average molecular weight is 132 g/mol. The van der Waals surface area contributed by atoms with Gasteiger partial charge in [-0.05, 0) is 6.42 Å². The molecule has 0 aliphatic heterocycles. The van der Waals surface area contributed by atoms with Gasteiger partial charge in [0.25, 0.3) is 0 Å². The van der Waals surface area contributed by atoms with Crippen molar-refractivity contribution in [3.05, 3.63) is 0 Å². The Balaban J connectivity index is 2.86. The number of methoxy groups -OCH3 is 1. The van der Waals surface area contributed by atoms with E-state index in [1.54, 1.807) is 7.11 Å². The van der Waals surface area contributed by atoms with Crippen LogP contribution in [0.15, 0.2) is 0 Å². The molecule has 0 heterocycles. The summed E-state index contributed by atoms with van der Waals surface area (Å²) in [6.45, 7) is 2.21. The molecule has 8 heavy (non-hydrogen) atoms. The van der Waals surface area contributed by atoms with Gasteiger partial charge in [0.05, 0.1) is 0 Å². The van der Waals surface area contributed by atoms with Crippen molar-refractivity contribution in [2.45, 2.75) is 31.9 Å². The fourth-order valence-corrected chi connectivity index (χ4v) is 1.02. The van der Waals surface area contributed by atoms with Crippen molar-refractivity contribution in [1.82, 2.24) is 0 Å². The van der Waals surface area contributed by atoms with Crippen LogP contribution in [0.3, 0.4) is 0 Å². The molecule has 2 heteroatoms. The summed E-state index contributed by atoms with van der Waals surface area (Å²) in [5.74, 6) is 0. The molecule has 0 aliphatic rings. The Hall–Kier alpha value is 0.177. The summed E-state index contributed by atoms with van der Waals surface area (Å²) in [5.41, 5.74) is 0.593. The van der Waals surface area contributed by atoms with E-state index in [0.717, 1.165) is 0 Å². The molecular weight excluding hydrogens is 116 g/mol. The van der Waals surface area contributed by atoms with E-state index in [0.29, 0.717) is 5.73 Å². The van der Waals surface area contributed by atoms with Crippen LogP contribution in [0, 0.1) is 0 Å². The summed E-state index contributed by atoms with van der Waals surface area (Å²) >= 11 is 0. The highest BCUT2D eigenvalue weighted by Gasteiger charge is 1.94. The molecule has 0 aromatic carbocycles. The first kappa shape index (κ1) is 8.18. The Kier molecular flexibility index (Phi) is 5.43. The number of hydrogen-bond acceptors (Lipinski definition) is 1. The Morgan fingerprint density at radius 2 is 2.25 bits per heavy atom. The number of hydrogen-bond donors (Lipinski definition) is 0. The van der Waals surface area contributed by atoms with Crippen LogP contribution >= 0.6 is 0 Å². The minimum atomic E-state index is 0.593. The van der Waals surface area contributed by atoms with E-state index in [4.69, 9.17) is 4.74 Å². The quantitative estimate of drug-likeness (QED) is 0.507. The fraction of sp³-hybridized carbons (Fsp3) is 1.00. The van der Waals surface area contributed by atoms with E-state index in [9.17, 15) is 0 Å². The highest BCUT2D eigenvalue weighted by Crippen LogP contribution is 1.98. The molecule has 0 saturated carbocycles. The van der Waals surface area contributed by atoms with Gasteiger partial charge in [-0.15, -0.1) is 0 Å². The van der Waals surface area contributed by atoms with Crippen LogP contribution in [0.25, 0.3) is 0 Å². The molecule has 0 aliphatic carbocycles. The third kappa shape index (κ3) is 4.34.